The maximum absolute atomic E-state index is 11.3. The van der Waals surface area contributed by atoms with Crippen LogP contribution in [0.1, 0.15) is 32.6 Å². The molecule has 8 heteroatoms. The minimum atomic E-state index is -0.265. The van der Waals surface area contributed by atoms with Crippen molar-refractivity contribution in [3.05, 3.63) is 75.6 Å². The summed E-state index contributed by atoms with van der Waals surface area (Å²) in [6.45, 7) is 10.7. The molecule has 0 fully saturated rings. The summed E-state index contributed by atoms with van der Waals surface area (Å²) in [6.07, 6.45) is 2.13. The number of ether oxygens (including phenoxy) is 1. The molecule has 0 amide bonds. The molecule has 2 heterocycles. The molecule has 2 aromatic rings. The van der Waals surface area contributed by atoms with Crippen molar-refractivity contribution in [2.45, 2.75) is 25.9 Å². The monoisotopic (exact) mass is 437 g/mol. The van der Waals surface area contributed by atoms with E-state index in [-0.39, 0.29) is 23.1 Å². The second-order valence-electron chi connectivity index (χ2n) is 6.39. The third-order valence-corrected chi connectivity index (χ3v) is 4.72. The van der Waals surface area contributed by atoms with E-state index in [2.05, 4.69) is 26.3 Å². The minimum Gasteiger partial charge on any atom is -0.465 e. The summed E-state index contributed by atoms with van der Waals surface area (Å²) < 4.78 is 4.67. The van der Waals surface area contributed by atoms with Crippen LogP contribution in [0.15, 0.2) is 36.4 Å². The Balaban J connectivity index is 0.000000492. The highest BCUT2D eigenvalue weighted by Crippen LogP contribution is 2.20. The minimum absolute atomic E-state index is 0. The number of hydrogen-bond donors (Lipinski definition) is 3. The largest absolute Gasteiger partial charge is 0.465 e. The fourth-order valence-electron chi connectivity index (χ4n) is 3.26. The first kappa shape index (κ1) is 27.5. The predicted octanol–water partition coefficient (Wildman–Crippen LogP) is 3.18. The quantitative estimate of drug-likeness (QED) is 0.472. The van der Waals surface area contributed by atoms with Crippen LogP contribution in [0.3, 0.4) is 0 Å². The smallest absolute Gasteiger partial charge is 0.337 e. The number of fused-ring (bicyclic) bond motifs is 2. The first-order valence-corrected chi connectivity index (χ1v) is 9.27. The van der Waals surface area contributed by atoms with E-state index in [4.69, 9.17) is 11.7 Å². The molecule has 2 aliphatic rings. The van der Waals surface area contributed by atoms with Gasteiger partial charge in [-0.1, -0.05) is 24.3 Å². The van der Waals surface area contributed by atoms with E-state index in [1.165, 1.54) is 29.4 Å². The number of aliphatic hydroxyl groups is 1. The van der Waals surface area contributed by atoms with E-state index < -0.39 is 0 Å². The van der Waals surface area contributed by atoms with Crippen molar-refractivity contribution in [2.24, 2.45) is 0 Å². The first-order chi connectivity index (χ1) is 13.7. The van der Waals surface area contributed by atoms with Crippen LogP contribution >= 0.6 is 12.4 Å². The normalized spacial score (nSPS) is 13.0. The van der Waals surface area contributed by atoms with Gasteiger partial charge >= 0.3 is 5.97 Å². The molecule has 0 radical (unpaired) electrons. The topological polar surface area (TPSA) is 75.0 Å². The standard InChI is InChI=1S/C11H13NO2.C10H10N2.CH4O.ClH.FH/c1-14-11(13)9-3-2-8-4-5-12-7-10(8)6-9;1-11-10-3-2-8-4-5-12-7-9(8)6-10;1-2;;/h2-3,6,12H,4-5,7H2,1H3;2-3,6,12H,4-5,7H2;2H,1H3;2*1H. The fraction of sp³-hybridized carbons (Fsp3) is 0.364. The number of aliphatic hydroxyl groups excluding tert-OH is 1. The van der Waals surface area contributed by atoms with Crippen molar-refractivity contribution < 1.29 is 19.3 Å². The number of benzene rings is 2. The number of nitrogens with zero attached hydrogens (tertiary/aromatic N) is 1. The zero-order chi connectivity index (χ0) is 20.4. The molecule has 2 aliphatic heterocycles. The number of hydrogen-bond acceptors (Lipinski definition) is 5. The lowest BCUT2D eigenvalue weighted by molar-refractivity contribution is 0.0600. The Labute approximate surface area is 183 Å². The van der Waals surface area contributed by atoms with E-state index in [9.17, 15) is 4.79 Å². The molecule has 0 aromatic heterocycles. The van der Waals surface area contributed by atoms with Gasteiger partial charge in [0, 0.05) is 20.2 Å². The Hall–Kier alpha value is -2.50. The van der Waals surface area contributed by atoms with Gasteiger partial charge < -0.3 is 20.5 Å². The average Bonchev–Trinajstić information content (AvgIpc) is 2.79. The van der Waals surface area contributed by atoms with Crippen molar-refractivity contribution in [1.29, 1.82) is 0 Å². The molecule has 4 rings (SSSR count). The number of carbonyl (C=O) groups is 1. The number of nitrogens with one attached hydrogen (secondary N) is 2. The van der Waals surface area contributed by atoms with Crippen molar-refractivity contribution in [3.63, 3.8) is 0 Å². The Morgan fingerprint density at radius 2 is 1.50 bits per heavy atom. The zero-order valence-corrected chi connectivity index (χ0v) is 18.1. The summed E-state index contributed by atoms with van der Waals surface area (Å²) in [6, 6.07) is 11.7. The van der Waals surface area contributed by atoms with Gasteiger partial charge in [-0.25, -0.2) is 9.64 Å². The van der Waals surface area contributed by atoms with E-state index in [1.807, 2.05) is 30.3 Å². The second-order valence-corrected chi connectivity index (χ2v) is 6.39. The Kier molecular flexibility index (Phi) is 13.3. The molecule has 0 bridgehead atoms. The lowest BCUT2D eigenvalue weighted by Crippen LogP contribution is -2.23. The number of esters is 1. The van der Waals surface area contributed by atoms with Gasteiger partial charge in [-0.15, -0.1) is 12.4 Å². The van der Waals surface area contributed by atoms with Crippen LogP contribution in [-0.4, -0.2) is 38.4 Å². The Morgan fingerprint density at radius 3 is 2.03 bits per heavy atom. The molecular weight excluding hydrogens is 409 g/mol. The van der Waals surface area contributed by atoms with Crippen molar-refractivity contribution >= 4 is 24.1 Å². The third kappa shape index (κ3) is 7.39. The van der Waals surface area contributed by atoms with E-state index >= 15 is 0 Å². The summed E-state index contributed by atoms with van der Waals surface area (Å²) in [5.41, 5.74) is 6.60. The third-order valence-electron chi connectivity index (χ3n) is 4.72. The zero-order valence-electron chi connectivity index (χ0n) is 17.2. The Bertz CT molecular complexity index is 856. The average molecular weight is 438 g/mol. The van der Waals surface area contributed by atoms with E-state index in [0.29, 0.717) is 5.56 Å². The molecule has 0 spiro atoms. The molecule has 0 saturated heterocycles. The van der Waals surface area contributed by atoms with Crippen LogP contribution in [-0.2, 0) is 30.7 Å². The van der Waals surface area contributed by atoms with Crippen LogP contribution in [0, 0.1) is 6.57 Å². The predicted molar refractivity (Wildman–Crippen MR) is 119 cm³/mol. The SMILES string of the molecule is CO.COC(=O)c1ccc2c(c1)CNCC2.Cl.F.[C-]#[N+]c1ccc2c(c1)CNCC2. The number of rotatable bonds is 1. The summed E-state index contributed by atoms with van der Waals surface area (Å²) in [4.78, 5) is 14.7. The lowest BCUT2D eigenvalue weighted by atomic mass is 9.99. The van der Waals surface area contributed by atoms with Gasteiger partial charge in [-0.05, 0) is 60.3 Å². The molecule has 0 unspecified atom stereocenters. The summed E-state index contributed by atoms with van der Waals surface area (Å²) >= 11 is 0. The summed E-state index contributed by atoms with van der Waals surface area (Å²) in [7, 11) is 2.40. The molecule has 6 nitrogen and oxygen atoms in total. The van der Waals surface area contributed by atoms with Crippen LogP contribution in [0.2, 0.25) is 0 Å². The summed E-state index contributed by atoms with van der Waals surface area (Å²) in [5.74, 6) is -0.265. The van der Waals surface area contributed by atoms with Gasteiger partial charge in [0.25, 0.3) is 0 Å². The van der Waals surface area contributed by atoms with Gasteiger partial charge in [0.15, 0.2) is 5.69 Å². The molecule has 0 saturated carbocycles. The molecule has 0 atom stereocenters. The number of halogens is 2. The van der Waals surface area contributed by atoms with Gasteiger partial charge in [-0.2, -0.15) is 0 Å². The highest BCUT2D eigenvalue weighted by atomic mass is 35.5. The fourth-order valence-corrected chi connectivity index (χ4v) is 3.26. The van der Waals surface area contributed by atoms with E-state index in [0.717, 1.165) is 51.8 Å². The van der Waals surface area contributed by atoms with Gasteiger partial charge in [0.1, 0.15) is 0 Å². The maximum atomic E-state index is 11.3. The lowest BCUT2D eigenvalue weighted by Gasteiger charge is -2.17. The molecule has 0 aliphatic carbocycles. The Morgan fingerprint density at radius 1 is 0.967 bits per heavy atom. The van der Waals surface area contributed by atoms with Crippen molar-refractivity contribution in [3.8, 4) is 0 Å². The molecule has 30 heavy (non-hydrogen) atoms. The summed E-state index contributed by atoms with van der Waals surface area (Å²) in [5, 5.41) is 13.6. The highest BCUT2D eigenvalue weighted by Gasteiger charge is 2.12. The number of carbonyl (C=O) groups excluding carboxylic acids is 1. The molecule has 3 N–H and O–H groups in total. The van der Waals surface area contributed by atoms with Crippen LogP contribution < -0.4 is 10.6 Å². The number of methoxy groups -OCH3 is 1. The maximum Gasteiger partial charge on any atom is 0.337 e. The molecule has 164 valence electrons. The van der Waals surface area contributed by atoms with Gasteiger partial charge in [0.2, 0.25) is 0 Å². The van der Waals surface area contributed by atoms with E-state index in [1.54, 1.807) is 0 Å². The van der Waals surface area contributed by atoms with Crippen LogP contribution in [0.5, 0.6) is 0 Å². The molecule has 2 aromatic carbocycles. The van der Waals surface area contributed by atoms with Crippen molar-refractivity contribution in [1.82, 2.24) is 10.6 Å². The van der Waals surface area contributed by atoms with Gasteiger partial charge in [0.05, 0.1) is 19.2 Å². The van der Waals surface area contributed by atoms with Crippen LogP contribution in [0.25, 0.3) is 4.85 Å². The first-order valence-electron chi connectivity index (χ1n) is 9.27. The van der Waals surface area contributed by atoms with Crippen LogP contribution in [0.4, 0.5) is 10.4 Å². The second kappa shape index (κ2) is 14.5. The van der Waals surface area contributed by atoms with Gasteiger partial charge in [-0.3, -0.25) is 4.70 Å². The highest BCUT2D eigenvalue weighted by molar-refractivity contribution is 5.89. The van der Waals surface area contributed by atoms with Crippen molar-refractivity contribution in [2.75, 3.05) is 27.3 Å². The molecular formula is C22H29ClFN3O3.